The molecule has 0 saturated carbocycles. The van der Waals surface area contributed by atoms with Gasteiger partial charge in [0.25, 0.3) is 0 Å². The van der Waals surface area contributed by atoms with E-state index in [1.807, 2.05) is 6.07 Å². The minimum absolute atomic E-state index is 0.0516. The molecular weight excluding hydrogens is 452 g/mol. The lowest BCUT2D eigenvalue weighted by Gasteiger charge is -2.08. The zero-order valence-corrected chi connectivity index (χ0v) is 17.8. The quantitative estimate of drug-likeness (QED) is 0.514. The van der Waals surface area contributed by atoms with Crippen LogP contribution in [0.4, 0.5) is 10.2 Å². The average molecular weight is 468 g/mol. The number of halogens is 3. The Kier molecular flexibility index (Phi) is 6.63. The van der Waals surface area contributed by atoms with Gasteiger partial charge in [-0.2, -0.15) is 10.4 Å². The van der Waals surface area contributed by atoms with Crippen LogP contribution in [0.5, 0.6) is 0 Å². The van der Waals surface area contributed by atoms with Crippen molar-refractivity contribution in [1.29, 1.82) is 5.26 Å². The van der Waals surface area contributed by atoms with Gasteiger partial charge in [-0.05, 0) is 49.2 Å². The van der Waals surface area contributed by atoms with Crippen LogP contribution in [0.2, 0.25) is 10.0 Å². The Balaban J connectivity index is 1.71. The van der Waals surface area contributed by atoms with E-state index in [1.54, 1.807) is 0 Å². The Bertz CT molecular complexity index is 1220. The second kappa shape index (κ2) is 9.02. The fraction of sp³-hybridized carbons (Fsp3) is 0.158. The van der Waals surface area contributed by atoms with Crippen molar-refractivity contribution in [2.24, 2.45) is 0 Å². The Morgan fingerprint density at radius 2 is 1.90 bits per heavy atom. The summed E-state index contributed by atoms with van der Waals surface area (Å²) in [6, 6.07) is 11.9. The highest BCUT2D eigenvalue weighted by Gasteiger charge is 2.20. The number of aryl methyl sites for hydroxylation is 1. The highest BCUT2D eigenvalue weighted by atomic mass is 35.5. The molecule has 0 unspecified atom stereocenters. The summed E-state index contributed by atoms with van der Waals surface area (Å²) < 4.78 is 41.8. The predicted octanol–water partition coefficient (Wildman–Crippen LogP) is 3.68. The van der Waals surface area contributed by atoms with Crippen LogP contribution in [0.15, 0.2) is 47.4 Å². The molecule has 3 aromatic rings. The van der Waals surface area contributed by atoms with Gasteiger partial charge in [0.2, 0.25) is 10.0 Å². The van der Waals surface area contributed by atoms with Crippen molar-refractivity contribution in [3.05, 3.63) is 69.6 Å². The molecule has 1 heterocycles. The van der Waals surface area contributed by atoms with Gasteiger partial charge in [0, 0.05) is 6.54 Å². The van der Waals surface area contributed by atoms with E-state index in [0.717, 1.165) is 0 Å². The third-order valence-electron chi connectivity index (χ3n) is 4.26. The van der Waals surface area contributed by atoms with Crippen molar-refractivity contribution in [3.63, 3.8) is 0 Å². The molecule has 11 heteroatoms. The second-order valence-corrected chi connectivity index (χ2v) is 8.78. The Morgan fingerprint density at radius 1 is 1.20 bits per heavy atom. The van der Waals surface area contributed by atoms with E-state index in [0.29, 0.717) is 24.2 Å². The van der Waals surface area contributed by atoms with Crippen molar-refractivity contribution in [2.45, 2.75) is 17.7 Å². The number of nitrogens with one attached hydrogen (secondary N) is 1. The highest BCUT2D eigenvalue weighted by Crippen LogP contribution is 2.28. The Hall–Kier alpha value is -2.64. The van der Waals surface area contributed by atoms with Gasteiger partial charge in [-0.1, -0.05) is 29.3 Å². The fourth-order valence-electron chi connectivity index (χ4n) is 2.79. The number of sulfonamides is 1. The molecule has 0 aliphatic carbocycles. The minimum Gasteiger partial charge on any atom is -0.382 e. The van der Waals surface area contributed by atoms with Crippen molar-refractivity contribution in [3.8, 4) is 11.8 Å². The van der Waals surface area contributed by atoms with E-state index in [2.05, 4.69) is 9.82 Å². The lowest BCUT2D eigenvalue weighted by atomic mass is 10.1. The van der Waals surface area contributed by atoms with Gasteiger partial charge in [-0.25, -0.2) is 22.2 Å². The van der Waals surface area contributed by atoms with Gasteiger partial charge in [0.15, 0.2) is 0 Å². The number of aromatic nitrogens is 2. The van der Waals surface area contributed by atoms with E-state index in [4.69, 9.17) is 28.9 Å². The summed E-state index contributed by atoms with van der Waals surface area (Å²) >= 11 is 11.8. The summed E-state index contributed by atoms with van der Waals surface area (Å²) in [5, 5.41) is 13.8. The van der Waals surface area contributed by atoms with E-state index in [1.165, 1.54) is 47.1 Å². The number of nitrogens with two attached hydrogens (primary N) is 1. The van der Waals surface area contributed by atoms with Crippen LogP contribution in [0.1, 0.15) is 17.7 Å². The second-order valence-electron chi connectivity index (χ2n) is 6.26. The number of anilines is 1. The molecular formula is C19H16Cl2FN5O2S. The van der Waals surface area contributed by atoms with Crippen molar-refractivity contribution < 1.29 is 12.8 Å². The summed E-state index contributed by atoms with van der Waals surface area (Å²) in [5.74, 6) is -0.275. The number of rotatable bonds is 7. The summed E-state index contributed by atoms with van der Waals surface area (Å²) in [5.41, 5.74) is 7.13. The topological polar surface area (TPSA) is 114 Å². The fourth-order valence-corrected chi connectivity index (χ4v) is 4.62. The van der Waals surface area contributed by atoms with Crippen LogP contribution in [0, 0.1) is 17.1 Å². The molecule has 0 atom stereocenters. The predicted molar refractivity (Wildman–Crippen MR) is 113 cm³/mol. The summed E-state index contributed by atoms with van der Waals surface area (Å²) in [6.45, 7) is 0.0827. The standard InChI is InChI=1S/C19H16Cl2FN5O2S/c20-15-3-1-5-17(18(15)21)30(28,29)25-10-2-4-16-14(11-23)19(24)27(26-16)13-8-6-12(22)7-9-13/h1,3,5-9,25H,2,4,10,24H2. The number of hydrogen-bond acceptors (Lipinski definition) is 5. The van der Waals surface area contributed by atoms with E-state index < -0.39 is 15.8 Å². The number of hydrogen-bond donors (Lipinski definition) is 2. The first kappa shape index (κ1) is 22.1. The van der Waals surface area contributed by atoms with Crippen molar-refractivity contribution in [2.75, 3.05) is 12.3 Å². The van der Waals surface area contributed by atoms with Crippen LogP contribution in [0.3, 0.4) is 0 Å². The molecule has 0 saturated heterocycles. The third kappa shape index (κ3) is 4.57. The first-order chi connectivity index (χ1) is 14.2. The van der Waals surface area contributed by atoms with E-state index in [9.17, 15) is 18.1 Å². The molecule has 3 rings (SSSR count). The normalized spacial score (nSPS) is 11.4. The van der Waals surface area contributed by atoms with Crippen molar-refractivity contribution in [1.82, 2.24) is 14.5 Å². The van der Waals surface area contributed by atoms with Crippen LogP contribution in [0.25, 0.3) is 5.69 Å². The largest absolute Gasteiger partial charge is 0.382 e. The van der Waals surface area contributed by atoms with Crippen molar-refractivity contribution >= 4 is 39.0 Å². The first-order valence-electron chi connectivity index (χ1n) is 8.71. The maximum absolute atomic E-state index is 13.1. The summed E-state index contributed by atoms with van der Waals surface area (Å²) in [6.07, 6.45) is 0.652. The summed E-state index contributed by atoms with van der Waals surface area (Å²) in [7, 11) is -3.85. The first-order valence-corrected chi connectivity index (χ1v) is 11.0. The molecule has 0 aliphatic rings. The molecule has 3 N–H and O–H groups in total. The molecule has 0 aliphatic heterocycles. The maximum Gasteiger partial charge on any atom is 0.242 e. The molecule has 0 fully saturated rings. The SMILES string of the molecule is N#Cc1c(CCCNS(=O)(=O)c2cccc(Cl)c2Cl)nn(-c2ccc(F)cc2)c1N. The molecule has 156 valence electrons. The molecule has 0 radical (unpaired) electrons. The smallest absolute Gasteiger partial charge is 0.242 e. The lowest BCUT2D eigenvalue weighted by Crippen LogP contribution is -2.25. The van der Waals surface area contributed by atoms with Crippen LogP contribution in [-0.2, 0) is 16.4 Å². The average Bonchev–Trinajstić information content (AvgIpc) is 3.03. The monoisotopic (exact) mass is 467 g/mol. The van der Waals surface area contributed by atoms with E-state index in [-0.39, 0.29) is 32.9 Å². The third-order valence-corrected chi connectivity index (χ3v) is 6.70. The Labute approximate surface area is 182 Å². The van der Waals surface area contributed by atoms with Gasteiger partial charge in [0.1, 0.15) is 28.2 Å². The molecule has 0 spiro atoms. The molecule has 0 bridgehead atoms. The van der Waals surface area contributed by atoms with Crippen LogP contribution in [-0.4, -0.2) is 24.7 Å². The van der Waals surface area contributed by atoms with Crippen LogP contribution >= 0.6 is 23.2 Å². The van der Waals surface area contributed by atoms with Gasteiger partial charge in [0.05, 0.1) is 21.4 Å². The summed E-state index contributed by atoms with van der Waals surface area (Å²) in [4.78, 5) is -0.112. The van der Waals surface area contributed by atoms with Crippen LogP contribution < -0.4 is 10.5 Å². The molecule has 1 aromatic heterocycles. The van der Waals surface area contributed by atoms with Gasteiger partial charge >= 0.3 is 0 Å². The number of nitrogen functional groups attached to an aromatic ring is 1. The number of nitrogens with zero attached hydrogens (tertiary/aromatic N) is 3. The highest BCUT2D eigenvalue weighted by molar-refractivity contribution is 7.89. The minimum atomic E-state index is -3.85. The molecule has 2 aromatic carbocycles. The van der Waals surface area contributed by atoms with E-state index >= 15 is 0 Å². The maximum atomic E-state index is 13.1. The zero-order valence-electron chi connectivity index (χ0n) is 15.4. The lowest BCUT2D eigenvalue weighted by molar-refractivity contribution is 0.578. The Morgan fingerprint density at radius 3 is 2.57 bits per heavy atom. The molecule has 0 amide bonds. The number of nitriles is 1. The number of benzene rings is 2. The molecule has 30 heavy (non-hydrogen) atoms. The zero-order chi connectivity index (χ0) is 21.9. The van der Waals surface area contributed by atoms with Gasteiger partial charge < -0.3 is 5.73 Å². The van der Waals surface area contributed by atoms with Gasteiger partial charge in [-0.3, -0.25) is 0 Å². The van der Waals surface area contributed by atoms with Gasteiger partial charge in [-0.15, -0.1) is 0 Å². The molecule has 7 nitrogen and oxygen atoms in total.